The van der Waals surface area contributed by atoms with Crippen LogP contribution >= 0.6 is 0 Å². The smallest absolute Gasteiger partial charge is 0.211 e. The molecule has 0 amide bonds. The van der Waals surface area contributed by atoms with Crippen molar-refractivity contribution in [2.24, 2.45) is 5.92 Å². The van der Waals surface area contributed by atoms with Gasteiger partial charge in [-0.1, -0.05) is 0 Å². The SMILES string of the molecule is CS(=O)(=O)N1CCCC(COCC2CCCN2)C1. The van der Waals surface area contributed by atoms with E-state index in [-0.39, 0.29) is 0 Å². The fourth-order valence-corrected chi connectivity index (χ4v) is 3.68. The van der Waals surface area contributed by atoms with Crippen molar-refractivity contribution in [3.8, 4) is 0 Å². The van der Waals surface area contributed by atoms with E-state index in [2.05, 4.69) is 5.32 Å². The van der Waals surface area contributed by atoms with Gasteiger partial charge in [-0.25, -0.2) is 12.7 Å². The molecule has 2 aliphatic heterocycles. The van der Waals surface area contributed by atoms with Gasteiger partial charge < -0.3 is 10.1 Å². The molecule has 1 N–H and O–H groups in total. The Balaban J connectivity index is 1.69. The third-order valence-electron chi connectivity index (χ3n) is 3.79. The number of sulfonamides is 1. The summed E-state index contributed by atoms with van der Waals surface area (Å²) >= 11 is 0. The van der Waals surface area contributed by atoms with Crippen LogP contribution in [0, 0.1) is 5.92 Å². The lowest BCUT2D eigenvalue weighted by molar-refractivity contribution is 0.0666. The molecule has 106 valence electrons. The van der Waals surface area contributed by atoms with Gasteiger partial charge in [0, 0.05) is 19.1 Å². The van der Waals surface area contributed by atoms with Crippen molar-refractivity contribution in [3.63, 3.8) is 0 Å². The van der Waals surface area contributed by atoms with E-state index in [1.807, 2.05) is 0 Å². The maximum absolute atomic E-state index is 11.5. The first kappa shape index (κ1) is 14.2. The molecule has 0 aliphatic carbocycles. The second-order valence-corrected chi connectivity index (χ2v) is 7.44. The van der Waals surface area contributed by atoms with Gasteiger partial charge in [0.25, 0.3) is 0 Å². The molecular weight excluding hydrogens is 252 g/mol. The Labute approximate surface area is 110 Å². The summed E-state index contributed by atoms with van der Waals surface area (Å²) in [5, 5.41) is 3.40. The van der Waals surface area contributed by atoms with Gasteiger partial charge in [-0.05, 0) is 38.1 Å². The number of nitrogens with one attached hydrogen (secondary N) is 1. The Kier molecular flexibility index (Phi) is 5.00. The molecule has 2 fully saturated rings. The van der Waals surface area contributed by atoms with Crippen LogP contribution in [-0.2, 0) is 14.8 Å². The number of hydrogen-bond donors (Lipinski definition) is 1. The summed E-state index contributed by atoms with van der Waals surface area (Å²) in [7, 11) is -3.03. The van der Waals surface area contributed by atoms with Gasteiger partial charge in [0.2, 0.25) is 10.0 Å². The number of ether oxygens (including phenoxy) is 1. The van der Waals surface area contributed by atoms with Crippen molar-refractivity contribution in [1.82, 2.24) is 9.62 Å². The zero-order valence-corrected chi connectivity index (χ0v) is 11.9. The minimum atomic E-state index is -3.03. The van der Waals surface area contributed by atoms with E-state index in [1.54, 1.807) is 4.31 Å². The van der Waals surface area contributed by atoms with E-state index in [4.69, 9.17) is 4.74 Å². The van der Waals surface area contributed by atoms with E-state index in [9.17, 15) is 8.42 Å². The third kappa shape index (κ3) is 4.19. The summed E-state index contributed by atoms with van der Waals surface area (Å²) in [4.78, 5) is 0. The van der Waals surface area contributed by atoms with Crippen molar-refractivity contribution in [3.05, 3.63) is 0 Å². The van der Waals surface area contributed by atoms with Crippen LogP contribution < -0.4 is 5.32 Å². The van der Waals surface area contributed by atoms with Gasteiger partial charge in [0.1, 0.15) is 0 Å². The van der Waals surface area contributed by atoms with E-state index < -0.39 is 10.0 Å². The predicted molar refractivity (Wildman–Crippen MR) is 71.0 cm³/mol. The summed E-state index contributed by atoms with van der Waals surface area (Å²) in [6.45, 7) is 3.83. The molecule has 0 aromatic rings. The van der Waals surface area contributed by atoms with Crippen LogP contribution in [0.25, 0.3) is 0 Å². The summed E-state index contributed by atoms with van der Waals surface area (Å²) in [6.07, 6.45) is 5.74. The molecule has 2 rings (SSSR count). The lowest BCUT2D eigenvalue weighted by atomic mass is 10.0. The van der Waals surface area contributed by atoms with Crippen LogP contribution in [0.15, 0.2) is 0 Å². The summed E-state index contributed by atoms with van der Waals surface area (Å²) in [5.74, 6) is 0.356. The number of rotatable bonds is 5. The molecule has 0 saturated carbocycles. The van der Waals surface area contributed by atoms with Crippen molar-refractivity contribution in [2.75, 3.05) is 39.1 Å². The van der Waals surface area contributed by atoms with Crippen LogP contribution in [-0.4, -0.2) is 57.9 Å². The Morgan fingerprint density at radius 1 is 1.28 bits per heavy atom. The molecule has 18 heavy (non-hydrogen) atoms. The second-order valence-electron chi connectivity index (χ2n) is 5.46. The van der Waals surface area contributed by atoms with E-state index >= 15 is 0 Å². The monoisotopic (exact) mass is 276 g/mol. The normalized spacial score (nSPS) is 30.7. The van der Waals surface area contributed by atoms with Crippen LogP contribution in [0.2, 0.25) is 0 Å². The van der Waals surface area contributed by atoms with Gasteiger partial charge >= 0.3 is 0 Å². The predicted octanol–water partition coefficient (Wildman–Crippen LogP) is 0.427. The molecule has 2 saturated heterocycles. The van der Waals surface area contributed by atoms with Gasteiger partial charge in [-0.3, -0.25) is 0 Å². The van der Waals surface area contributed by atoms with Gasteiger partial charge in [0.05, 0.1) is 19.5 Å². The average molecular weight is 276 g/mol. The molecule has 2 atom stereocenters. The molecular formula is C12H24N2O3S. The highest BCUT2D eigenvalue weighted by Gasteiger charge is 2.26. The van der Waals surface area contributed by atoms with Crippen LogP contribution in [0.4, 0.5) is 0 Å². The highest BCUT2D eigenvalue weighted by Crippen LogP contribution is 2.19. The van der Waals surface area contributed by atoms with Gasteiger partial charge in [0.15, 0.2) is 0 Å². The molecule has 5 nitrogen and oxygen atoms in total. The lowest BCUT2D eigenvalue weighted by Crippen LogP contribution is -2.41. The fourth-order valence-electron chi connectivity index (χ4n) is 2.74. The Hall–Kier alpha value is -0.170. The fraction of sp³-hybridized carbons (Fsp3) is 1.00. The highest BCUT2D eigenvalue weighted by atomic mass is 32.2. The Morgan fingerprint density at radius 2 is 2.11 bits per heavy atom. The lowest BCUT2D eigenvalue weighted by Gasteiger charge is -2.30. The summed E-state index contributed by atoms with van der Waals surface area (Å²) < 4.78 is 30.3. The Morgan fingerprint density at radius 3 is 2.78 bits per heavy atom. The minimum absolute atomic E-state index is 0.356. The van der Waals surface area contributed by atoms with Crippen LogP contribution in [0.5, 0.6) is 0 Å². The molecule has 0 aromatic heterocycles. The minimum Gasteiger partial charge on any atom is -0.379 e. The first-order valence-corrected chi connectivity index (χ1v) is 8.67. The largest absolute Gasteiger partial charge is 0.379 e. The van der Waals surface area contributed by atoms with Crippen molar-refractivity contribution >= 4 is 10.0 Å². The van der Waals surface area contributed by atoms with Crippen molar-refractivity contribution in [1.29, 1.82) is 0 Å². The molecule has 2 unspecified atom stereocenters. The van der Waals surface area contributed by atoms with E-state index in [1.165, 1.54) is 19.1 Å². The Bertz CT molecular complexity index is 352. The number of hydrogen-bond acceptors (Lipinski definition) is 4. The third-order valence-corrected chi connectivity index (χ3v) is 5.06. The second kappa shape index (κ2) is 6.32. The average Bonchev–Trinajstić information content (AvgIpc) is 2.81. The maximum atomic E-state index is 11.5. The molecule has 6 heteroatoms. The van der Waals surface area contributed by atoms with Crippen LogP contribution in [0.1, 0.15) is 25.7 Å². The highest BCUT2D eigenvalue weighted by molar-refractivity contribution is 7.88. The first-order valence-electron chi connectivity index (χ1n) is 6.82. The topological polar surface area (TPSA) is 58.6 Å². The zero-order chi connectivity index (χ0) is 13.0. The van der Waals surface area contributed by atoms with Gasteiger partial charge in [-0.2, -0.15) is 0 Å². The quantitative estimate of drug-likeness (QED) is 0.791. The molecule has 0 spiro atoms. The van der Waals surface area contributed by atoms with E-state index in [0.29, 0.717) is 31.7 Å². The standard InChI is InChI=1S/C12H24N2O3S/c1-18(15,16)14-7-3-4-11(8-14)9-17-10-12-5-2-6-13-12/h11-13H,2-10H2,1H3. The van der Waals surface area contributed by atoms with Crippen molar-refractivity contribution < 1.29 is 13.2 Å². The zero-order valence-electron chi connectivity index (χ0n) is 11.1. The first-order chi connectivity index (χ1) is 8.55. The summed E-state index contributed by atoms with van der Waals surface area (Å²) in [6, 6.07) is 0.500. The molecule has 0 bridgehead atoms. The number of piperidine rings is 1. The van der Waals surface area contributed by atoms with Crippen LogP contribution in [0.3, 0.4) is 0 Å². The van der Waals surface area contributed by atoms with Crippen molar-refractivity contribution in [2.45, 2.75) is 31.7 Å². The maximum Gasteiger partial charge on any atom is 0.211 e. The van der Waals surface area contributed by atoms with Gasteiger partial charge in [-0.15, -0.1) is 0 Å². The van der Waals surface area contributed by atoms with E-state index in [0.717, 1.165) is 26.0 Å². The molecule has 0 aromatic carbocycles. The summed E-state index contributed by atoms with van der Waals surface area (Å²) in [5.41, 5.74) is 0. The number of nitrogens with zero attached hydrogens (tertiary/aromatic N) is 1. The molecule has 2 aliphatic rings. The molecule has 0 radical (unpaired) electrons. The molecule has 2 heterocycles.